The molecule has 144 valence electrons. The van der Waals surface area contributed by atoms with E-state index in [0.717, 1.165) is 31.9 Å². The number of methoxy groups -OCH3 is 1. The molecule has 1 amide bonds. The first kappa shape index (κ1) is 19.4. The predicted octanol–water partition coefficient (Wildman–Crippen LogP) is 3.73. The molecule has 0 radical (unpaired) electrons. The number of nitrogens with one attached hydrogen (secondary N) is 1. The average molecular weight is 388 g/mol. The number of rotatable bonds is 5. The van der Waals surface area contributed by atoms with Crippen molar-refractivity contribution >= 4 is 28.9 Å². The van der Waals surface area contributed by atoms with E-state index < -0.39 is 0 Å². The summed E-state index contributed by atoms with van der Waals surface area (Å²) in [7, 11) is 1.58. The number of carbonyl (C=O) groups is 1. The lowest BCUT2D eigenvalue weighted by atomic mass is 10.1. The number of amides is 1. The second-order valence-electron chi connectivity index (χ2n) is 6.79. The lowest BCUT2D eigenvalue weighted by molar-refractivity contribution is -0.129. The van der Waals surface area contributed by atoms with Gasteiger partial charge in [-0.2, -0.15) is 0 Å². The number of piperazine rings is 1. The van der Waals surface area contributed by atoms with Gasteiger partial charge in [-0.15, -0.1) is 0 Å². The van der Waals surface area contributed by atoms with Crippen molar-refractivity contribution in [3.63, 3.8) is 0 Å². The Hall–Kier alpha value is -2.40. The SMILES string of the molecule is COc1ccc(NCC(=O)N2CCN(c3cccc(C)c3C)CC2)cc1Cl. The maximum absolute atomic E-state index is 12.5. The Morgan fingerprint density at radius 3 is 2.56 bits per heavy atom. The average Bonchev–Trinajstić information content (AvgIpc) is 2.68. The molecule has 27 heavy (non-hydrogen) atoms. The summed E-state index contributed by atoms with van der Waals surface area (Å²) in [5, 5.41) is 3.67. The van der Waals surface area contributed by atoms with Crippen molar-refractivity contribution in [2.24, 2.45) is 0 Å². The van der Waals surface area contributed by atoms with Crippen molar-refractivity contribution in [3.05, 3.63) is 52.5 Å². The van der Waals surface area contributed by atoms with E-state index in [1.165, 1.54) is 16.8 Å². The summed E-state index contributed by atoms with van der Waals surface area (Å²) in [6.45, 7) is 7.72. The molecule has 0 aromatic heterocycles. The van der Waals surface area contributed by atoms with E-state index in [2.05, 4.69) is 42.3 Å². The van der Waals surface area contributed by atoms with E-state index in [-0.39, 0.29) is 12.5 Å². The molecule has 2 aromatic carbocycles. The van der Waals surface area contributed by atoms with Gasteiger partial charge in [0.05, 0.1) is 18.7 Å². The monoisotopic (exact) mass is 387 g/mol. The number of aryl methyl sites for hydroxylation is 1. The minimum Gasteiger partial charge on any atom is -0.495 e. The molecule has 5 nitrogen and oxygen atoms in total. The molecule has 1 aliphatic rings. The van der Waals surface area contributed by atoms with Gasteiger partial charge < -0.3 is 19.9 Å². The number of nitrogens with zero attached hydrogens (tertiary/aromatic N) is 2. The summed E-state index contributed by atoms with van der Waals surface area (Å²) in [6.07, 6.45) is 0. The minimum atomic E-state index is 0.0996. The summed E-state index contributed by atoms with van der Waals surface area (Å²) >= 11 is 6.13. The third kappa shape index (κ3) is 4.48. The number of benzene rings is 2. The molecule has 0 unspecified atom stereocenters. The maximum atomic E-state index is 12.5. The molecule has 1 saturated heterocycles. The van der Waals surface area contributed by atoms with Crippen molar-refractivity contribution in [3.8, 4) is 5.75 Å². The summed E-state index contributed by atoms with van der Waals surface area (Å²) in [5.41, 5.74) is 4.69. The van der Waals surface area contributed by atoms with E-state index in [1.807, 2.05) is 11.0 Å². The lowest BCUT2D eigenvalue weighted by Gasteiger charge is -2.37. The number of anilines is 2. The van der Waals surface area contributed by atoms with Crippen molar-refractivity contribution in [1.29, 1.82) is 0 Å². The fourth-order valence-electron chi connectivity index (χ4n) is 3.34. The molecular formula is C21H26ClN3O2. The Morgan fingerprint density at radius 1 is 1.15 bits per heavy atom. The van der Waals surface area contributed by atoms with Gasteiger partial charge in [-0.3, -0.25) is 4.79 Å². The van der Waals surface area contributed by atoms with Crippen LogP contribution in [0.15, 0.2) is 36.4 Å². The summed E-state index contributed by atoms with van der Waals surface area (Å²) < 4.78 is 5.14. The van der Waals surface area contributed by atoms with Crippen LogP contribution in [0.4, 0.5) is 11.4 Å². The van der Waals surface area contributed by atoms with Crippen molar-refractivity contribution in [2.75, 3.05) is 50.1 Å². The molecule has 0 saturated carbocycles. The van der Waals surface area contributed by atoms with E-state index in [0.29, 0.717) is 10.8 Å². The van der Waals surface area contributed by atoms with E-state index in [1.54, 1.807) is 19.2 Å². The Labute approximate surface area is 165 Å². The number of halogens is 1. The fourth-order valence-corrected chi connectivity index (χ4v) is 3.60. The summed E-state index contributed by atoms with van der Waals surface area (Å²) in [5.74, 6) is 0.721. The van der Waals surface area contributed by atoms with Crippen LogP contribution in [0.3, 0.4) is 0 Å². The Bertz CT molecular complexity index is 817. The van der Waals surface area contributed by atoms with Gasteiger partial charge in [0.1, 0.15) is 5.75 Å². The standard InChI is InChI=1S/C21H26ClN3O2/c1-15-5-4-6-19(16(15)2)24-9-11-25(12-10-24)21(26)14-23-17-7-8-20(27-3)18(22)13-17/h4-8,13,23H,9-12,14H2,1-3H3. The highest BCUT2D eigenvalue weighted by atomic mass is 35.5. The number of hydrogen-bond acceptors (Lipinski definition) is 4. The smallest absolute Gasteiger partial charge is 0.241 e. The zero-order valence-electron chi connectivity index (χ0n) is 16.1. The van der Waals surface area contributed by atoms with Crippen LogP contribution in [0.2, 0.25) is 5.02 Å². The Kier molecular flexibility index (Phi) is 6.11. The molecule has 1 N–H and O–H groups in total. The third-order valence-corrected chi connectivity index (χ3v) is 5.44. The maximum Gasteiger partial charge on any atom is 0.241 e. The van der Waals surface area contributed by atoms with Crippen molar-refractivity contribution < 1.29 is 9.53 Å². The van der Waals surface area contributed by atoms with E-state index in [9.17, 15) is 4.79 Å². The van der Waals surface area contributed by atoms with Gasteiger partial charge in [0, 0.05) is 37.6 Å². The summed E-state index contributed by atoms with van der Waals surface area (Å²) in [4.78, 5) is 16.8. The van der Waals surface area contributed by atoms with E-state index >= 15 is 0 Å². The van der Waals surface area contributed by atoms with Gasteiger partial charge in [-0.1, -0.05) is 23.7 Å². The van der Waals surface area contributed by atoms with E-state index in [4.69, 9.17) is 16.3 Å². The quantitative estimate of drug-likeness (QED) is 0.849. The molecule has 0 spiro atoms. The fraction of sp³-hybridized carbons (Fsp3) is 0.381. The second kappa shape index (κ2) is 8.53. The Morgan fingerprint density at radius 2 is 1.89 bits per heavy atom. The molecule has 2 aromatic rings. The zero-order chi connectivity index (χ0) is 19.4. The molecule has 3 rings (SSSR count). The van der Waals surface area contributed by atoms with Crippen LogP contribution in [0, 0.1) is 13.8 Å². The van der Waals surface area contributed by atoms with Crippen LogP contribution in [0.25, 0.3) is 0 Å². The number of carbonyl (C=O) groups excluding carboxylic acids is 1. The zero-order valence-corrected chi connectivity index (χ0v) is 16.8. The molecular weight excluding hydrogens is 362 g/mol. The van der Waals surface area contributed by atoms with Gasteiger partial charge >= 0.3 is 0 Å². The van der Waals surface area contributed by atoms with Crippen LogP contribution < -0.4 is 15.0 Å². The van der Waals surface area contributed by atoms with Gasteiger partial charge in [0.2, 0.25) is 5.91 Å². The van der Waals surface area contributed by atoms with Crippen LogP contribution in [-0.2, 0) is 4.79 Å². The normalized spacial score (nSPS) is 14.2. The molecule has 1 fully saturated rings. The van der Waals surface area contributed by atoms with Crippen molar-refractivity contribution in [2.45, 2.75) is 13.8 Å². The molecule has 0 atom stereocenters. The lowest BCUT2D eigenvalue weighted by Crippen LogP contribution is -2.50. The predicted molar refractivity (Wildman–Crippen MR) is 111 cm³/mol. The largest absolute Gasteiger partial charge is 0.495 e. The van der Waals surface area contributed by atoms with Gasteiger partial charge in [0.25, 0.3) is 0 Å². The highest BCUT2D eigenvalue weighted by Gasteiger charge is 2.22. The minimum absolute atomic E-state index is 0.0996. The van der Waals surface area contributed by atoms with Crippen molar-refractivity contribution in [1.82, 2.24) is 4.90 Å². The number of hydrogen-bond donors (Lipinski definition) is 1. The van der Waals surface area contributed by atoms with Gasteiger partial charge in [-0.05, 0) is 49.2 Å². The molecule has 0 aliphatic carbocycles. The molecule has 1 aliphatic heterocycles. The van der Waals surface area contributed by atoms with Gasteiger partial charge in [0.15, 0.2) is 0 Å². The number of ether oxygens (including phenoxy) is 1. The third-order valence-electron chi connectivity index (χ3n) is 5.14. The first-order valence-corrected chi connectivity index (χ1v) is 9.53. The van der Waals surface area contributed by atoms with Crippen LogP contribution in [0.5, 0.6) is 5.75 Å². The van der Waals surface area contributed by atoms with Crippen LogP contribution in [-0.4, -0.2) is 50.6 Å². The highest BCUT2D eigenvalue weighted by molar-refractivity contribution is 6.32. The highest BCUT2D eigenvalue weighted by Crippen LogP contribution is 2.27. The molecule has 1 heterocycles. The first-order valence-electron chi connectivity index (χ1n) is 9.16. The van der Waals surface area contributed by atoms with Gasteiger partial charge in [-0.25, -0.2) is 0 Å². The topological polar surface area (TPSA) is 44.8 Å². The molecule has 6 heteroatoms. The van der Waals surface area contributed by atoms with Crippen LogP contribution in [0.1, 0.15) is 11.1 Å². The van der Waals surface area contributed by atoms with Crippen LogP contribution >= 0.6 is 11.6 Å². The Balaban J connectivity index is 1.53. The molecule has 0 bridgehead atoms. The second-order valence-corrected chi connectivity index (χ2v) is 7.20. The first-order chi connectivity index (χ1) is 13.0. The summed E-state index contributed by atoms with van der Waals surface area (Å²) in [6, 6.07) is 11.8.